The molecule has 0 bridgehead atoms. The number of thiazole rings is 1. The van der Waals surface area contributed by atoms with Crippen LogP contribution in [0.4, 0.5) is 0 Å². The highest BCUT2D eigenvalue weighted by Crippen LogP contribution is 2.68. The molecule has 3 fully saturated rings. The van der Waals surface area contributed by atoms with E-state index in [4.69, 9.17) is 4.98 Å². The van der Waals surface area contributed by atoms with Crippen LogP contribution in [0.1, 0.15) is 70.4 Å². The molecule has 0 aliphatic heterocycles. The average molecular weight is 448 g/mol. The zero-order valence-electron chi connectivity index (χ0n) is 19.1. The third kappa shape index (κ3) is 2.95. The van der Waals surface area contributed by atoms with Gasteiger partial charge in [-0.3, -0.25) is 4.79 Å². The lowest BCUT2D eigenvalue weighted by molar-refractivity contribution is -0.129. The SMILES string of the molecule is C[C@@]12C[C@H](O)[C@@H]3[C@@H](CCC4=CC(=O)CC[C@]43C)[C@@H]1CC[C@@H]2c1csc(-c2ccccc2)n1. The van der Waals surface area contributed by atoms with Gasteiger partial charge in [-0.15, -0.1) is 11.3 Å². The predicted molar refractivity (Wildman–Crippen MR) is 128 cm³/mol. The van der Waals surface area contributed by atoms with Gasteiger partial charge in [-0.05, 0) is 73.2 Å². The van der Waals surface area contributed by atoms with Gasteiger partial charge >= 0.3 is 0 Å². The third-order valence-electron chi connectivity index (χ3n) is 9.79. The van der Waals surface area contributed by atoms with Crippen LogP contribution in [0, 0.1) is 28.6 Å². The maximum Gasteiger partial charge on any atom is 0.155 e. The van der Waals surface area contributed by atoms with Crippen LogP contribution in [0.5, 0.6) is 0 Å². The molecule has 2 aromatic rings. The minimum Gasteiger partial charge on any atom is -0.393 e. The Bertz CT molecular complexity index is 1070. The van der Waals surface area contributed by atoms with Crippen molar-refractivity contribution in [2.75, 3.05) is 0 Å². The molecule has 0 saturated heterocycles. The minimum atomic E-state index is -0.295. The molecule has 7 atom stereocenters. The van der Waals surface area contributed by atoms with E-state index >= 15 is 0 Å². The van der Waals surface area contributed by atoms with Crippen molar-refractivity contribution >= 4 is 17.1 Å². The summed E-state index contributed by atoms with van der Waals surface area (Å²) in [5.74, 6) is 2.19. The van der Waals surface area contributed by atoms with Crippen molar-refractivity contribution in [1.29, 1.82) is 0 Å². The number of allylic oxidation sites excluding steroid dienone is 1. The topological polar surface area (TPSA) is 50.2 Å². The second-order valence-corrected chi connectivity index (χ2v) is 12.1. The van der Waals surface area contributed by atoms with Gasteiger partial charge in [0.1, 0.15) is 5.01 Å². The van der Waals surface area contributed by atoms with Crippen LogP contribution in [0.25, 0.3) is 10.6 Å². The lowest BCUT2D eigenvalue weighted by atomic mass is 9.46. The molecule has 0 amide bonds. The van der Waals surface area contributed by atoms with Crippen LogP contribution in [0.15, 0.2) is 47.4 Å². The summed E-state index contributed by atoms with van der Waals surface area (Å²) in [4.78, 5) is 17.2. The number of carbonyl (C=O) groups is 1. The van der Waals surface area contributed by atoms with Gasteiger partial charge in [-0.2, -0.15) is 0 Å². The number of aliphatic hydroxyl groups excluding tert-OH is 1. The van der Waals surface area contributed by atoms with Crippen molar-refractivity contribution in [3.63, 3.8) is 0 Å². The van der Waals surface area contributed by atoms with Crippen LogP contribution < -0.4 is 0 Å². The summed E-state index contributed by atoms with van der Waals surface area (Å²) in [5.41, 5.74) is 3.84. The van der Waals surface area contributed by atoms with Crippen molar-refractivity contribution in [3.05, 3.63) is 53.1 Å². The highest BCUT2D eigenvalue weighted by Gasteiger charge is 2.62. The lowest BCUT2D eigenvalue weighted by Gasteiger charge is -2.59. The Hall–Kier alpha value is -1.78. The number of aromatic nitrogens is 1. The minimum absolute atomic E-state index is 0.00320. The van der Waals surface area contributed by atoms with Gasteiger partial charge in [-0.25, -0.2) is 4.98 Å². The molecule has 3 nitrogen and oxygen atoms in total. The van der Waals surface area contributed by atoms with Crippen molar-refractivity contribution in [2.24, 2.45) is 28.6 Å². The molecule has 1 aromatic heterocycles. The second kappa shape index (κ2) is 7.36. The van der Waals surface area contributed by atoms with E-state index in [1.54, 1.807) is 11.3 Å². The quantitative estimate of drug-likeness (QED) is 0.580. The van der Waals surface area contributed by atoms with E-state index in [1.807, 2.05) is 12.1 Å². The Balaban J connectivity index is 1.32. The third-order valence-corrected chi connectivity index (χ3v) is 10.7. The Kier molecular flexibility index (Phi) is 4.79. The normalized spacial score (nSPS) is 40.9. The largest absolute Gasteiger partial charge is 0.393 e. The van der Waals surface area contributed by atoms with Crippen LogP contribution in [0.2, 0.25) is 0 Å². The Morgan fingerprint density at radius 3 is 2.72 bits per heavy atom. The number of aliphatic hydroxyl groups is 1. The molecular formula is C28H33NO2S. The highest BCUT2D eigenvalue weighted by molar-refractivity contribution is 7.13. The Morgan fingerprint density at radius 2 is 1.91 bits per heavy atom. The van der Waals surface area contributed by atoms with E-state index in [1.165, 1.54) is 29.7 Å². The molecule has 4 aliphatic carbocycles. The fourth-order valence-corrected chi connectivity index (χ4v) is 9.21. The number of hydrogen-bond acceptors (Lipinski definition) is 4. The first-order valence-electron chi connectivity index (χ1n) is 12.3. The molecule has 4 aliphatic rings. The van der Waals surface area contributed by atoms with E-state index in [0.717, 1.165) is 30.7 Å². The smallest absolute Gasteiger partial charge is 0.155 e. The number of carbonyl (C=O) groups excluding carboxylic acids is 1. The van der Waals surface area contributed by atoms with Crippen LogP contribution in [-0.2, 0) is 4.79 Å². The first-order chi connectivity index (χ1) is 15.4. The standard InChI is InChI=1S/C28H33NO2S/c1-27-13-12-19(30)14-18(27)8-9-20-21-10-11-22(28(21,2)15-24(31)25(20)27)23-16-32-26(29-23)17-6-4-3-5-7-17/h3-7,14,16,20-22,24-25,31H,8-13,15H2,1-2H3/t20-,21-,22+,24-,25-,27+,28+/m0/s1. The van der Waals surface area contributed by atoms with E-state index in [0.29, 0.717) is 30.1 Å². The number of rotatable bonds is 2. The summed E-state index contributed by atoms with van der Waals surface area (Å²) in [6.45, 7) is 4.78. The first kappa shape index (κ1) is 20.8. The maximum absolute atomic E-state index is 12.1. The summed E-state index contributed by atoms with van der Waals surface area (Å²) in [7, 11) is 0. The van der Waals surface area contributed by atoms with E-state index in [9.17, 15) is 9.90 Å². The van der Waals surface area contributed by atoms with Gasteiger partial charge in [0, 0.05) is 23.3 Å². The molecule has 1 N–H and O–H groups in total. The van der Waals surface area contributed by atoms with Crippen molar-refractivity contribution in [2.45, 2.75) is 70.8 Å². The van der Waals surface area contributed by atoms with E-state index in [2.05, 4.69) is 43.5 Å². The van der Waals surface area contributed by atoms with Crippen LogP contribution in [0.3, 0.4) is 0 Å². The molecular weight excluding hydrogens is 414 g/mol. The predicted octanol–water partition coefficient (Wildman–Crippen LogP) is 6.40. The summed E-state index contributed by atoms with van der Waals surface area (Å²) in [5, 5.41) is 15.0. The fraction of sp³-hybridized carbons (Fsp3) is 0.571. The number of nitrogens with zero attached hydrogens (tertiary/aromatic N) is 1. The van der Waals surface area contributed by atoms with Gasteiger partial charge in [0.2, 0.25) is 0 Å². The maximum atomic E-state index is 12.1. The molecule has 1 heterocycles. The molecule has 1 aromatic carbocycles. The van der Waals surface area contributed by atoms with Crippen LogP contribution >= 0.6 is 11.3 Å². The molecule has 0 spiro atoms. The summed E-state index contributed by atoms with van der Waals surface area (Å²) in [6, 6.07) is 10.5. The molecule has 168 valence electrons. The van der Waals surface area contributed by atoms with Gasteiger partial charge in [0.15, 0.2) is 5.78 Å². The summed E-state index contributed by atoms with van der Waals surface area (Å²) in [6.07, 6.45) is 8.61. The van der Waals surface area contributed by atoms with Gasteiger partial charge in [0.05, 0.1) is 11.8 Å². The van der Waals surface area contributed by atoms with Crippen molar-refractivity contribution in [3.8, 4) is 10.6 Å². The second-order valence-electron chi connectivity index (χ2n) is 11.2. The Morgan fingerprint density at radius 1 is 1.09 bits per heavy atom. The van der Waals surface area contributed by atoms with E-state index in [-0.39, 0.29) is 22.7 Å². The van der Waals surface area contributed by atoms with Crippen LogP contribution in [-0.4, -0.2) is 22.0 Å². The Labute approximate surface area is 195 Å². The summed E-state index contributed by atoms with van der Waals surface area (Å²) < 4.78 is 0. The van der Waals surface area contributed by atoms with Gasteiger partial charge < -0.3 is 5.11 Å². The van der Waals surface area contributed by atoms with Gasteiger partial charge in [0.25, 0.3) is 0 Å². The number of ketones is 1. The highest BCUT2D eigenvalue weighted by atomic mass is 32.1. The molecule has 0 radical (unpaired) electrons. The first-order valence-corrected chi connectivity index (χ1v) is 13.2. The average Bonchev–Trinajstić information content (AvgIpc) is 3.38. The number of benzene rings is 1. The lowest BCUT2D eigenvalue weighted by Crippen LogP contribution is -2.56. The molecule has 0 unspecified atom stereocenters. The zero-order valence-corrected chi connectivity index (χ0v) is 19.9. The van der Waals surface area contributed by atoms with Crippen molar-refractivity contribution in [1.82, 2.24) is 4.98 Å². The zero-order chi connectivity index (χ0) is 22.1. The monoisotopic (exact) mass is 447 g/mol. The molecule has 4 heteroatoms. The molecule has 6 rings (SSSR count). The molecule has 3 saturated carbocycles. The molecule has 32 heavy (non-hydrogen) atoms. The van der Waals surface area contributed by atoms with Gasteiger partial charge in [-0.1, -0.05) is 49.8 Å². The number of fused-ring (bicyclic) bond motifs is 5. The number of hydrogen-bond donors (Lipinski definition) is 1. The summed E-state index contributed by atoms with van der Waals surface area (Å²) >= 11 is 1.75. The van der Waals surface area contributed by atoms with Crippen molar-refractivity contribution < 1.29 is 9.90 Å². The van der Waals surface area contributed by atoms with E-state index < -0.39 is 0 Å². The fourth-order valence-electron chi connectivity index (χ4n) is 8.33.